The van der Waals surface area contributed by atoms with Gasteiger partial charge in [-0.3, -0.25) is 0 Å². The average molecular weight is 285 g/mol. The van der Waals surface area contributed by atoms with Crippen LogP contribution in [0, 0.1) is 0 Å². The molecule has 0 bridgehead atoms. The predicted octanol–water partition coefficient (Wildman–Crippen LogP) is 2.56. The van der Waals surface area contributed by atoms with Gasteiger partial charge in [0.2, 0.25) is 0 Å². The van der Waals surface area contributed by atoms with E-state index in [1.165, 1.54) is 0 Å². The molecule has 0 aromatic heterocycles. The summed E-state index contributed by atoms with van der Waals surface area (Å²) in [5.74, 6) is -1.04. The molecule has 2 amide bonds. The van der Waals surface area contributed by atoms with Gasteiger partial charge in [-0.05, 0) is 31.0 Å². The topological polar surface area (TPSA) is 78.4 Å². The van der Waals surface area contributed by atoms with Crippen molar-refractivity contribution >= 4 is 23.6 Å². The standard InChI is InChI=1S/C13H17ClN2O3/c1-3-11(12(17)18)16-13(19)15-8(2)9-4-6-10(14)7-5-9/h4-8,11H,3H2,1-2H3,(H,17,18)(H2,15,16,19)/t8?,11-/m1/s1. The Morgan fingerprint density at radius 2 is 1.84 bits per heavy atom. The Labute approximate surface area is 117 Å². The molecular formula is C13H17ClN2O3. The lowest BCUT2D eigenvalue weighted by molar-refractivity contribution is -0.139. The number of carboxylic acid groups (broad SMARTS) is 1. The van der Waals surface area contributed by atoms with E-state index in [1.54, 1.807) is 19.1 Å². The molecule has 0 aliphatic carbocycles. The first kappa shape index (κ1) is 15.3. The van der Waals surface area contributed by atoms with Crippen LogP contribution in [0.15, 0.2) is 24.3 Å². The molecule has 1 rings (SSSR count). The van der Waals surface area contributed by atoms with Crippen LogP contribution in [0.4, 0.5) is 4.79 Å². The highest BCUT2D eigenvalue weighted by atomic mass is 35.5. The summed E-state index contributed by atoms with van der Waals surface area (Å²) in [5.41, 5.74) is 0.892. The molecule has 0 spiro atoms. The summed E-state index contributed by atoms with van der Waals surface area (Å²) in [4.78, 5) is 22.5. The van der Waals surface area contributed by atoms with Crippen molar-refractivity contribution in [3.63, 3.8) is 0 Å². The summed E-state index contributed by atoms with van der Waals surface area (Å²) in [6, 6.07) is 5.47. The Morgan fingerprint density at radius 1 is 1.26 bits per heavy atom. The van der Waals surface area contributed by atoms with E-state index in [4.69, 9.17) is 16.7 Å². The van der Waals surface area contributed by atoms with Crippen molar-refractivity contribution in [1.29, 1.82) is 0 Å². The molecule has 6 heteroatoms. The smallest absolute Gasteiger partial charge is 0.326 e. The van der Waals surface area contributed by atoms with Crippen LogP contribution in [0.25, 0.3) is 0 Å². The minimum atomic E-state index is -1.04. The quantitative estimate of drug-likeness (QED) is 0.777. The number of aliphatic carboxylic acids is 1. The molecule has 104 valence electrons. The third kappa shape index (κ3) is 4.79. The van der Waals surface area contributed by atoms with Gasteiger partial charge >= 0.3 is 12.0 Å². The summed E-state index contributed by atoms with van der Waals surface area (Å²) in [6.45, 7) is 3.51. The van der Waals surface area contributed by atoms with E-state index < -0.39 is 18.0 Å². The molecule has 1 aromatic rings. The molecule has 0 saturated carbocycles. The average Bonchev–Trinajstić information content (AvgIpc) is 2.36. The lowest BCUT2D eigenvalue weighted by Gasteiger charge is -2.17. The number of amides is 2. The van der Waals surface area contributed by atoms with E-state index in [0.29, 0.717) is 11.4 Å². The van der Waals surface area contributed by atoms with Gasteiger partial charge < -0.3 is 15.7 Å². The molecule has 1 unspecified atom stereocenters. The van der Waals surface area contributed by atoms with Gasteiger partial charge in [-0.25, -0.2) is 9.59 Å². The Kier molecular flexibility index (Phi) is 5.63. The first-order chi connectivity index (χ1) is 8.93. The Morgan fingerprint density at radius 3 is 2.32 bits per heavy atom. The molecule has 0 aliphatic heterocycles. The summed E-state index contributed by atoms with van der Waals surface area (Å²) in [5, 5.41) is 14.6. The monoisotopic (exact) mass is 284 g/mol. The van der Waals surface area contributed by atoms with Crippen LogP contribution >= 0.6 is 11.6 Å². The summed E-state index contributed by atoms with van der Waals surface area (Å²) in [6.07, 6.45) is 0.331. The van der Waals surface area contributed by atoms with Gasteiger partial charge in [0.25, 0.3) is 0 Å². The highest BCUT2D eigenvalue weighted by Gasteiger charge is 2.18. The number of hydrogen-bond acceptors (Lipinski definition) is 2. The minimum Gasteiger partial charge on any atom is -0.480 e. The third-order valence-corrected chi connectivity index (χ3v) is 2.98. The summed E-state index contributed by atoms with van der Waals surface area (Å²) < 4.78 is 0. The maximum atomic E-state index is 11.7. The lowest BCUT2D eigenvalue weighted by atomic mass is 10.1. The molecule has 2 atom stereocenters. The lowest BCUT2D eigenvalue weighted by Crippen LogP contribution is -2.46. The van der Waals surface area contributed by atoms with Crippen LogP contribution < -0.4 is 10.6 Å². The Hall–Kier alpha value is -1.75. The number of nitrogens with one attached hydrogen (secondary N) is 2. The fourth-order valence-corrected chi connectivity index (χ4v) is 1.70. The molecule has 5 nitrogen and oxygen atoms in total. The molecule has 0 saturated heterocycles. The number of urea groups is 1. The van der Waals surface area contributed by atoms with Crippen LogP contribution in [0.2, 0.25) is 5.02 Å². The SMILES string of the molecule is CC[C@@H](NC(=O)NC(C)c1ccc(Cl)cc1)C(=O)O. The minimum absolute atomic E-state index is 0.233. The van der Waals surface area contributed by atoms with E-state index >= 15 is 0 Å². The van der Waals surface area contributed by atoms with Crippen LogP contribution in [0.5, 0.6) is 0 Å². The molecule has 0 aliphatic rings. The predicted molar refractivity (Wildman–Crippen MR) is 73.2 cm³/mol. The Bertz CT molecular complexity index is 448. The molecule has 3 N–H and O–H groups in total. The van der Waals surface area contributed by atoms with Crippen LogP contribution in [-0.4, -0.2) is 23.1 Å². The fraction of sp³-hybridized carbons (Fsp3) is 0.385. The maximum Gasteiger partial charge on any atom is 0.326 e. The largest absolute Gasteiger partial charge is 0.480 e. The van der Waals surface area contributed by atoms with Crippen molar-refractivity contribution < 1.29 is 14.7 Å². The number of carboxylic acids is 1. The summed E-state index contributed by atoms with van der Waals surface area (Å²) in [7, 11) is 0. The first-order valence-electron chi connectivity index (χ1n) is 5.99. The van der Waals surface area contributed by atoms with Crippen LogP contribution in [0.1, 0.15) is 31.9 Å². The van der Waals surface area contributed by atoms with E-state index in [0.717, 1.165) is 5.56 Å². The van der Waals surface area contributed by atoms with Crippen molar-refractivity contribution in [3.8, 4) is 0 Å². The Balaban J connectivity index is 2.56. The van der Waals surface area contributed by atoms with E-state index in [2.05, 4.69) is 10.6 Å². The highest BCUT2D eigenvalue weighted by molar-refractivity contribution is 6.30. The normalized spacial score (nSPS) is 13.4. The number of rotatable bonds is 5. The second-order valence-corrected chi connectivity index (χ2v) is 4.63. The van der Waals surface area contributed by atoms with Crippen molar-refractivity contribution in [1.82, 2.24) is 10.6 Å². The van der Waals surface area contributed by atoms with E-state index in [9.17, 15) is 9.59 Å². The van der Waals surface area contributed by atoms with Gasteiger partial charge in [0.1, 0.15) is 6.04 Å². The number of hydrogen-bond donors (Lipinski definition) is 3. The number of halogens is 1. The molecular weight excluding hydrogens is 268 g/mol. The van der Waals surface area contributed by atoms with Gasteiger partial charge in [-0.1, -0.05) is 30.7 Å². The first-order valence-corrected chi connectivity index (χ1v) is 6.37. The van der Waals surface area contributed by atoms with Crippen LogP contribution in [-0.2, 0) is 4.79 Å². The van der Waals surface area contributed by atoms with E-state index in [-0.39, 0.29) is 6.04 Å². The van der Waals surface area contributed by atoms with Crippen LogP contribution in [0.3, 0.4) is 0 Å². The zero-order valence-corrected chi connectivity index (χ0v) is 11.6. The van der Waals surface area contributed by atoms with Gasteiger partial charge in [0.05, 0.1) is 6.04 Å². The van der Waals surface area contributed by atoms with Gasteiger partial charge in [0, 0.05) is 5.02 Å². The molecule has 19 heavy (non-hydrogen) atoms. The van der Waals surface area contributed by atoms with Gasteiger partial charge in [-0.2, -0.15) is 0 Å². The zero-order valence-electron chi connectivity index (χ0n) is 10.8. The van der Waals surface area contributed by atoms with Gasteiger partial charge in [-0.15, -0.1) is 0 Å². The van der Waals surface area contributed by atoms with Gasteiger partial charge in [0.15, 0.2) is 0 Å². The van der Waals surface area contributed by atoms with Crippen molar-refractivity contribution in [2.75, 3.05) is 0 Å². The summed E-state index contributed by atoms with van der Waals surface area (Å²) >= 11 is 5.78. The number of benzene rings is 1. The molecule has 0 heterocycles. The van der Waals surface area contributed by atoms with Crippen molar-refractivity contribution in [2.24, 2.45) is 0 Å². The second-order valence-electron chi connectivity index (χ2n) is 4.19. The zero-order chi connectivity index (χ0) is 14.4. The molecule has 0 fully saturated rings. The maximum absolute atomic E-state index is 11.7. The van der Waals surface area contributed by atoms with Crippen molar-refractivity contribution in [2.45, 2.75) is 32.4 Å². The highest BCUT2D eigenvalue weighted by Crippen LogP contribution is 2.15. The number of carbonyl (C=O) groups excluding carboxylic acids is 1. The fourth-order valence-electron chi connectivity index (χ4n) is 1.57. The third-order valence-electron chi connectivity index (χ3n) is 2.73. The van der Waals surface area contributed by atoms with Crippen molar-refractivity contribution in [3.05, 3.63) is 34.9 Å². The molecule has 0 radical (unpaired) electrons. The number of carbonyl (C=O) groups is 2. The van der Waals surface area contributed by atoms with E-state index in [1.807, 2.05) is 19.1 Å². The molecule has 1 aromatic carbocycles. The second kappa shape index (κ2) is 6.99.